The number of nitrogens with one attached hydrogen (secondary N) is 1. The Morgan fingerprint density at radius 2 is 1.73 bits per heavy atom. The average Bonchev–Trinajstić information content (AvgIpc) is 2.23. The van der Waals surface area contributed by atoms with Gasteiger partial charge >= 0.3 is 0 Å². The SMILES string of the molecule is O=S1(=O)CCC(NC2CC=CCC2)CC1. The highest BCUT2D eigenvalue weighted by molar-refractivity contribution is 7.91. The van der Waals surface area contributed by atoms with Gasteiger partial charge in [-0.3, -0.25) is 0 Å². The Labute approximate surface area is 91.9 Å². The fourth-order valence-corrected chi connectivity index (χ4v) is 3.83. The molecule has 1 atom stereocenters. The van der Waals surface area contributed by atoms with Gasteiger partial charge in [-0.1, -0.05) is 12.2 Å². The van der Waals surface area contributed by atoms with Crippen molar-refractivity contribution in [3.63, 3.8) is 0 Å². The Morgan fingerprint density at radius 3 is 2.33 bits per heavy atom. The van der Waals surface area contributed by atoms with Gasteiger partial charge in [-0.25, -0.2) is 8.42 Å². The van der Waals surface area contributed by atoms with Gasteiger partial charge in [0.2, 0.25) is 0 Å². The molecular weight excluding hydrogens is 210 g/mol. The van der Waals surface area contributed by atoms with Crippen LogP contribution in [-0.2, 0) is 9.84 Å². The Morgan fingerprint density at radius 1 is 1.00 bits per heavy atom. The maximum Gasteiger partial charge on any atom is 0.150 e. The van der Waals surface area contributed by atoms with Crippen molar-refractivity contribution in [1.29, 1.82) is 0 Å². The van der Waals surface area contributed by atoms with Gasteiger partial charge in [0.1, 0.15) is 9.84 Å². The minimum absolute atomic E-state index is 0.368. The topological polar surface area (TPSA) is 46.2 Å². The summed E-state index contributed by atoms with van der Waals surface area (Å²) in [5.41, 5.74) is 0. The second-order valence-electron chi connectivity index (χ2n) is 4.57. The Hall–Kier alpha value is -0.350. The van der Waals surface area contributed by atoms with Crippen LogP contribution in [0.1, 0.15) is 32.1 Å². The lowest BCUT2D eigenvalue weighted by molar-refractivity contribution is 0.380. The van der Waals surface area contributed by atoms with Gasteiger partial charge in [-0.05, 0) is 32.1 Å². The van der Waals surface area contributed by atoms with Crippen LogP contribution in [0.4, 0.5) is 0 Å². The largest absolute Gasteiger partial charge is 0.311 e. The van der Waals surface area contributed by atoms with Crippen molar-refractivity contribution in [2.24, 2.45) is 0 Å². The molecule has 1 fully saturated rings. The Kier molecular flexibility index (Phi) is 3.46. The van der Waals surface area contributed by atoms with E-state index >= 15 is 0 Å². The summed E-state index contributed by atoms with van der Waals surface area (Å²) < 4.78 is 22.5. The van der Waals surface area contributed by atoms with Gasteiger partial charge in [0.25, 0.3) is 0 Å². The highest BCUT2D eigenvalue weighted by Gasteiger charge is 2.25. The van der Waals surface area contributed by atoms with E-state index in [2.05, 4.69) is 17.5 Å². The fraction of sp³-hybridized carbons (Fsp3) is 0.818. The van der Waals surface area contributed by atoms with Crippen molar-refractivity contribution in [3.05, 3.63) is 12.2 Å². The molecule has 1 aliphatic heterocycles. The summed E-state index contributed by atoms with van der Waals surface area (Å²) in [6, 6.07) is 0.992. The molecule has 0 radical (unpaired) electrons. The second-order valence-corrected chi connectivity index (χ2v) is 6.88. The number of allylic oxidation sites excluding steroid dienone is 1. The first-order valence-electron chi connectivity index (χ1n) is 5.77. The molecule has 1 unspecified atom stereocenters. The molecule has 1 saturated heterocycles. The minimum Gasteiger partial charge on any atom is -0.311 e. The first-order valence-corrected chi connectivity index (χ1v) is 7.59. The van der Waals surface area contributed by atoms with Crippen LogP contribution in [0.2, 0.25) is 0 Å². The predicted octanol–water partition coefficient (Wildman–Crippen LogP) is 1.26. The van der Waals surface area contributed by atoms with E-state index in [1.807, 2.05) is 0 Å². The third kappa shape index (κ3) is 3.31. The lowest BCUT2D eigenvalue weighted by atomic mass is 10.00. The Balaban J connectivity index is 1.79. The average molecular weight is 229 g/mol. The van der Waals surface area contributed by atoms with Crippen LogP contribution in [0, 0.1) is 0 Å². The number of hydrogen-bond donors (Lipinski definition) is 1. The monoisotopic (exact) mass is 229 g/mol. The third-order valence-corrected chi connectivity index (χ3v) is 5.01. The third-order valence-electron chi connectivity index (χ3n) is 3.30. The first kappa shape index (κ1) is 11.1. The van der Waals surface area contributed by atoms with E-state index in [9.17, 15) is 8.42 Å². The van der Waals surface area contributed by atoms with E-state index in [0.717, 1.165) is 25.7 Å². The molecule has 15 heavy (non-hydrogen) atoms. The normalized spacial score (nSPS) is 31.6. The molecule has 1 heterocycles. The second kappa shape index (κ2) is 4.66. The van der Waals surface area contributed by atoms with E-state index in [4.69, 9.17) is 0 Å². The van der Waals surface area contributed by atoms with Crippen molar-refractivity contribution in [1.82, 2.24) is 5.32 Å². The molecule has 86 valence electrons. The maximum absolute atomic E-state index is 11.2. The molecule has 0 saturated carbocycles. The van der Waals surface area contributed by atoms with Gasteiger partial charge in [-0.2, -0.15) is 0 Å². The summed E-state index contributed by atoms with van der Waals surface area (Å²) in [4.78, 5) is 0. The van der Waals surface area contributed by atoms with Gasteiger partial charge in [-0.15, -0.1) is 0 Å². The number of hydrogen-bond acceptors (Lipinski definition) is 3. The summed E-state index contributed by atoms with van der Waals surface area (Å²) >= 11 is 0. The van der Waals surface area contributed by atoms with E-state index in [1.54, 1.807) is 0 Å². The summed E-state index contributed by atoms with van der Waals surface area (Å²) in [7, 11) is -2.71. The van der Waals surface area contributed by atoms with E-state index in [-0.39, 0.29) is 0 Å². The zero-order valence-corrected chi connectivity index (χ0v) is 9.80. The van der Waals surface area contributed by atoms with Crippen molar-refractivity contribution in [3.8, 4) is 0 Å². The van der Waals surface area contributed by atoms with Crippen LogP contribution < -0.4 is 5.32 Å². The molecule has 0 aromatic carbocycles. The van der Waals surface area contributed by atoms with Crippen molar-refractivity contribution in [2.75, 3.05) is 11.5 Å². The van der Waals surface area contributed by atoms with Crippen LogP contribution in [0.25, 0.3) is 0 Å². The molecule has 1 N–H and O–H groups in total. The molecular formula is C11H19NO2S. The zero-order chi connectivity index (χ0) is 10.7. The molecule has 0 spiro atoms. The summed E-state index contributed by atoms with van der Waals surface area (Å²) in [5, 5.41) is 3.58. The van der Waals surface area contributed by atoms with Crippen molar-refractivity contribution in [2.45, 2.75) is 44.2 Å². The predicted molar refractivity (Wildman–Crippen MR) is 61.6 cm³/mol. The molecule has 3 nitrogen and oxygen atoms in total. The Bertz CT molecular complexity index is 320. The molecule has 0 bridgehead atoms. The van der Waals surface area contributed by atoms with E-state index < -0.39 is 9.84 Å². The van der Waals surface area contributed by atoms with Crippen LogP contribution in [-0.4, -0.2) is 32.0 Å². The van der Waals surface area contributed by atoms with Crippen LogP contribution >= 0.6 is 0 Å². The molecule has 2 aliphatic rings. The molecule has 2 rings (SSSR count). The van der Waals surface area contributed by atoms with Crippen LogP contribution in [0.5, 0.6) is 0 Å². The van der Waals surface area contributed by atoms with Gasteiger partial charge in [0.15, 0.2) is 0 Å². The highest BCUT2D eigenvalue weighted by atomic mass is 32.2. The highest BCUT2D eigenvalue weighted by Crippen LogP contribution is 2.16. The quantitative estimate of drug-likeness (QED) is 0.725. The standard InChI is InChI=1S/C11H19NO2S/c13-15(14)8-6-11(7-9-15)12-10-4-2-1-3-5-10/h1-2,10-12H,3-9H2. The van der Waals surface area contributed by atoms with Crippen LogP contribution in [0.15, 0.2) is 12.2 Å². The smallest absolute Gasteiger partial charge is 0.150 e. The minimum atomic E-state index is -2.71. The number of rotatable bonds is 2. The lowest BCUT2D eigenvalue weighted by Crippen LogP contribution is -2.43. The van der Waals surface area contributed by atoms with Crippen molar-refractivity contribution < 1.29 is 8.42 Å². The lowest BCUT2D eigenvalue weighted by Gasteiger charge is -2.29. The van der Waals surface area contributed by atoms with Gasteiger partial charge in [0.05, 0.1) is 11.5 Å². The fourth-order valence-electron chi connectivity index (χ4n) is 2.34. The van der Waals surface area contributed by atoms with Crippen molar-refractivity contribution >= 4 is 9.84 Å². The molecule has 0 amide bonds. The number of sulfone groups is 1. The molecule has 4 heteroatoms. The summed E-state index contributed by atoms with van der Waals surface area (Å²) in [5.74, 6) is 0.737. The van der Waals surface area contributed by atoms with Gasteiger partial charge in [0, 0.05) is 12.1 Å². The molecule has 0 aromatic heterocycles. The first-order chi connectivity index (χ1) is 7.16. The van der Waals surface area contributed by atoms with E-state index in [1.165, 1.54) is 6.42 Å². The zero-order valence-electron chi connectivity index (χ0n) is 8.98. The molecule has 0 aromatic rings. The maximum atomic E-state index is 11.2. The van der Waals surface area contributed by atoms with Crippen LogP contribution in [0.3, 0.4) is 0 Å². The summed E-state index contributed by atoms with van der Waals surface area (Å²) in [6.07, 6.45) is 9.49. The van der Waals surface area contributed by atoms with Gasteiger partial charge < -0.3 is 5.32 Å². The summed E-state index contributed by atoms with van der Waals surface area (Å²) in [6.45, 7) is 0. The molecule has 1 aliphatic carbocycles. The van der Waals surface area contributed by atoms with E-state index in [0.29, 0.717) is 23.6 Å².